The summed E-state index contributed by atoms with van der Waals surface area (Å²) in [6.45, 7) is 4.23. The van der Waals surface area contributed by atoms with Gasteiger partial charge in [-0.3, -0.25) is 14.6 Å². The number of hydrogen-bond acceptors (Lipinski definition) is 4. The third kappa shape index (κ3) is 4.06. The molecule has 0 unspecified atom stereocenters. The number of rotatable bonds is 4. The number of fused-ring (bicyclic) bond motifs is 1. The zero-order chi connectivity index (χ0) is 20.4. The molecule has 2 heterocycles. The van der Waals surface area contributed by atoms with Crippen LogP contribution in [0, 0.1) is 13.8 Å². The van der Waals surface area contributed by atoms with Gasteiger partial charge in [0.25, 0.3) is 11.5 Å². The van der Waals surface area contributed by atoms with Gasteiger partial charge in [0.1, 0.15) is 5.69 Å². The molecule has 6 nitrogen and oxygen atoms in total. The summed E-state index contributed by atoms with van der Waals surface area (Å²) in [5.41, 5.74) is 4.37. The first-order valence-electron chi connectivity index (χ1n) is 9.31. The summed E-state index contributed by atoms with van der Waals surface area (Å²) in [6.07, 6.45) is 0. The topological polar surface area (TPSA) is 76.9 Å². The summed E-state index contributed by atoms with van der Waals surface area (Å²) in [5.74, 6) is -0.379. The Bertz CT molecular complexity index is 1260. The van der Waals surface area contributed by atoms with Crippen LogP contribution in [-0.2, 0) is 6.54 Å². The molecule has 0 bridgehead atoms. The fraction of sp³-hybridized carbons (Fsp3) is 0.130. The molecule has 144 valence electrons. The smallest absolute Gasteiger partial charge is 0.276 e. The van der Waals surface area contributed by atoms with Crippen LogP contribution in [0.2, 0.25) is 0 Å². The van der Waals surface area contributed by atoms with E-state index >= 15 is 0 Å². The van der Waals surface area contributed by atoms with Crippen LogP contribution < -0.4 is 10.9 Å². The number of amides is 1. The van der Waals surface area contributed by atoms with E-state index in [4.69, 9.17) is 0 Å². The third-order valence-electron chi connectivity index (χ3n) is 4.67. The number of anilines is 1. The molecule has 6 heteroatoms. The molecule has 0 aliphatic carbocycles. The maximum atomic E-state index is 12.8. The lowest BCUT2D eigenvalue weighted by molar-refractivity contribution is 0.102. The van der Waals surface area contributed by atoms with Crippen LogP contribution in [0.15, 0.2) is 71.5 Å². The van der Waals surface area contributed by atoms with Gasteiger partial charge in [0.2, 0.25) is 0 Å². The van der Waals surface area contributed by atoms with Crippen LogP contribution in [-0.4, -0.2) is 20.7 Å². The molecule has 1 amide bonds. The van der Waals surface area contributed by atoms with Crippen molar-refractivity contribution in [1.29, 1.82) is 0 Å². The van der Waals surface area contributed by atoms with E-state index in [0.717, 1.165) is 27.7 Å². The van der Waals surface area contributed by atoms with Gasteiger partial charge in [0.15, 0.2) is 0 Å². The van der Waals surface area contributed by atoms with E-state index in [-0.39, 0.29) is 17.2 Å². The number of pyridine rings is 1. The van der Waals surface area contributed by atoms with Crippen molar-refractivity contribution in [2.24, 2.45) is 0 Å². The van der Waals surface area contributed by atoms with Crippen molar-refractivity contribution in [2.75, 3.05) is 5.32 Å². The minimum Gasteiger partial charge on any atom is -0.320 e. The second-order valence-electron chi connectivity index (χ2n) is 6.98. The molecule has 1 N–H and O–H groups in total. The molecular formula is C23H20N4O2. The van der Waals surface area contributed by atoms with Gasteiger partial charge in [0, 0.05) is 17.1 Å². The largest absolute Gasteiger partial charge is 0.320 e. The Morgan fingerprint density at radius 3 is 2.55 bits per heavy atom. The molecule has 0 aliphatic heterocycles. The molecule has 29 heavy (non-hydrogen) atoms. The number of benzene rings is 2. The highest BCUT2D eigenvalue weighted by atomic mass is 16.2. The fourth-order valence-corrected chi connectivity index (χ4v) is 3.10. The second-order valence-corrected chi connectivity index (χ2v) is 6.98. The number of nitrogens with zero attached hydrogens (tertiary/aromatic N) is 3. The van der Waals surface area contributed by atoms with Gasteiger partial charge in [-0.05, 0) is 49.7 Å². The van der Waals surface area contributed by atoms with E-state index in [0.29, 0.717) is 12.2 Å². The predicted molar refractivity (Wildman–Crippen MR) is 113 cm³/mol. The van der Waals surface area contributed by atoms with Gasteiger partial charge in [-0.1, -0.05) is 35.9 Å². The van der Waals surface area contributed by atoms with Crippen molar-refractivity contribution in [2.45, 2.75) is 20.4 Å². The molecule has 0 aliphatic rings. The van der Waals surface area contributed by atoms with Gasteiger partial charge in [0.05, 0.1) is 17.7 Å². The molecule has 2 aromatic carbocycles. The van der Waals surface area contributed by atoms with E-state index in [1.165, 1.54) is 16.8 Å². The maximum Gasteiger partial charge on any atom is 0.276 e. The van der Waals surface area contributed by atoms with Crippen LogP contribution in [0.4, 0.5) is 5.69 Å². The Labute approximate surface area is 167 Å². The van der Waals surface area contributed by atoms with Gasteiger partial charge in [-0.15, -0.1) is 0 Å². The van der Waals surface area contributed by atoms with E-state index < -0.39 is 0 Å². The summed E-state index contributed by atoms with van der Waals surface area (Å²) in [6, 6.07) is 20.1. The Morgan fingerprint density at radius 1 is 0.966 bits per heavy atom. The number of aromatic nitrogens is 3. The highest BCUT2D eigenvalue weighted by Crippen LogP contribution is 2.22. The standard InChI is InChI=1S/C23H20N4O2/c1-15-6-9-17(10-7-15)14-27-22(28)13-12-21(26-27)23(29)25-20-5-3-4-19-18(20)11-8-16(2)24-19/h3-13H,14H2,1-2H3,(H,25,29). The van der Waals surface area contributed by atoms with Crippen LogP contribution in [0.25, 0.3) is 10.9 Å². The van der Waals surface area contributed by atoms with Crippen molar-refractivity contribution in [3.05, 3.63) is 99.6 Å². The van der Waals surface area contributed by atoms with Gasteiger partial charge in [-0.2, -0.15) is 5.10 Å². The summed E-state index contributed by atoms with van der Waals surface area (Å²) in [4.78, 5) is 29.4. The van der Waals surface area contributed by atoms with Crippen molar-refractivity contribution in [3.8, 4) is 0 Å². The van der Waals surface area contributed by atoms with Crippen molar-refractivity contribution >= 4 is 22.5 Å². The Balaban J connectivity index is 1.61. The SMILES string of the molecule is Cc1ccc(Cn2nc(C(=O)Nc3cccc4nc(C)ccc34)ccc2=O)cc1. The number of carbonyl (C=O) groups is 1. The molecule has 0 saturated carbocycles. The summed E-state index contributed by atoms with van der Waals surface area (Å²) >= 11 is 0. The number of nitrogens with one attached hydrogen (secondary N) is 1. The van der Waals surface area contributed by atoms with Crippen molar-refractivity contribution in [3.63, 3.8) is 0 Å². The first kappa shape index (κ1) is 18.6. The minimum atomic E-state index is -0.379. The molecule has 0 atom stereocenters. The average Bonchev–Trinajstić information content (AvgIpc) is 2.71. The summed E-state index contributed by atoms with van der Waals surface area (Å²) in [5, 5.41) is 7.99. The fourth-order valence-electron chi connectivity index (χ4n) is 3.10. The zero-order valence-electron chi connectivity index (χ0n) is 16.2. The molecule has 4 rings (SSSR count). The molecule has 2 aromatic heterocycles. The van der Waals surface area contributed by atoms with E-state index in [1.54, 1.807) is 0 Å². The lowest BCUT2D eigenvalue weighted by Crippen LogP contribution is -2.26. The lowest BCUT2D eigenvalue weighted by Gasteiger charge is -2.10. The molecular weight excluding hydrogens is 364 g/mol. The number of carbonyl (C=O) groups excluding carboxylic acids is 1. The third-order valence-corrected chi connectivity index (χ3v) is 4.67. The second kappa shape index (κ2) is 7.67. The normalized spacial score (nSPS) is 10.8. The Kier molecular flexibility index (Phi) is 4.91. The summed E-state index contributed by atoms with van der Waals surface area (Å²) < 4.78 is 1.30. The molecule has 0 spiro atoms. The Morgan fingerprint density at radius 2 is 1.76 bits per heavy atom. The average molecular weight is 384 g/mol. The van der Waals surface area contributed by atoms with Crippen molar-refractivity contribution in [1.82, 2.24) is 14.8 Å². The molecule has 0 fully saturated rings. The van der Waals surface area contributed by atoms with Gasteiger partial charge >= 0.3 is 0 Å². The van der Waals surface area contributed by atoms with Crippen LogP contribution in [0.1, 0.15) is 27.3 Å². The first-order valence-corrected chi connectivity index (χ1v) is 9.31. The van der Waals surface area contributed by atoms with E-state index in [2.05, 4.69) is 15.4 Å². The van der Waals surface area contributed by atoms with E-state index in [9.17, 15) is 9.59 Å². The first-order chi connectivity index (χ1) is 14.0. The summed E-state index contributed by atoms with van der Waals surface area (Å²) in [7, 11) is 0. The predicted octanol–water partition coefficient (Wildman–Crippen LogP) is 3.71. The minimum absolute atomic E-state index is 0.175. The maximum absolute atomic E-state index is 12.8. The van der Waals surface area contributed by atoms with Gasteiger partial charge < -0.3 is 5.32 Å². The highest BCUT2D eigenvalue weighted by Gasteiger charge is 2.12. The lowest BCUT2D eigenvalue weighted by atomic mass is 10.1. The molecule has 4 aromatic rings. The van der Waals surface area contributed by atoms with E-state index in [1.807, 2.05) is 68.4 Å². The van der Waals surface area contributed by atoms with Crippen LogP contribution >= 0.6 is 0 Å². The monoisotopic (exact) mass is 384 g/mol. The van der Waals surface area contributed by atoms with Crippen molar-refractivity contribution < 1.29 is 4.79 Å². The van der Waals surface area contributed by atoms with Crippen LogP contribution in [0.5, 0.6) is 0 Å². The van der Waals surface area contributed by atoms with Gasteiger partial charge in [-0.25, -0.2) is 4.68 Å². The highest BCUT2D eigenvalue weighted by molar-refractivity contribution is 6.07. The molecule has 0 radical (unpaired) electrons. The molecule has 0 saturated heterocycles. The number of hydrogen-bond donors (Lipinski definition) is 1. The Hall–Kier alpha value is -3.80. The zero-order valence-corrected chi connectivity index (χ0v) is 16.2. The van der Waals surface area contributed by atoms with Crippen LogP contribution in [0.3, 0.4) is 0 Å². The quantitative estimate of drug-likeness (QED) is 0.582. The number of aryl methyl sites for hydroxylation is 2.